The molecule has 0 radical (unpaired) electrons. The lowest BCUT2D eigenvalue weighted by atomic mass is 9.94. The van der Waals surface area contributed by atoms with E-state index in [1.165, 1.54) is 5.56 Å². The summed E-state index contributed by atoms with van der Waals surface area (Å²) in [6, 6.07) is 22.0. The summed E-state index contributed by atoms with van der Waals surface area (Å²) < 4.78 is 1.84. The van der Waals surface area contributed by atoms with Crippen LogP contribution in [-0.2, 0) is 12.8 Å². The van der Waals surface area contributed by atoms with Gasteiger partial charge in [0.1, 0.15) is 5.82 Å². The van der Waals surface area contributed by atoms with Crippen LogP contribution in [0.15, 0.2) is 60.7 Å². The number of hydrogen-bond acceptors (Lipinski definition) is 4. The van der Waals surface area contributed by atoms with E-state index < -0.39 is 0 Å². The molecule has 7 heteroatoms. The first-order valence-corrected chi connectivity index (χ1v) is 11.1. The Labute approximate surface area is 187 Å². The summed E-state index contributed by atoms with van der Waals surface area (Å²) in [5, 5.41) is 20.2. The number of para-hydroxylation sites is 1. The first-order valence-electron chi connectivity index (χ1n) is 11.1. The van der Waals surface area contributed by atoms with Gasteiger partial charge in [-0.3, -0.25) is 10.2 Å². The lowest BCUT2D eigenvalue weighted by Gasteiger charge is -2.21. The molecule has 2 unspecified atom stereocenters. The number of aryl methyl sites for hydroxylation is 1. The van der Waals surface area contributed by atoms with E-state index in [0.717, 1.165) is 48.6 Å². The van der Waals surface area contributed by atoms with E-state index in [4.69, 9.17) is 10.4 Å². The normalized spacial score (nSPS) is 20.0. The van der Waals surface area contributed by atoms with Gasteiger partial charge in [0.05, 0.1) is 30.0 Å². The summed E-state index contributed by atoms with van der Waals surface area (Å²) in [6.07, 6.45) is 2.92. The maximum atomic E-state index is 13.1. The third-order valence-electron chi connectivity index (χ3n) is 6.37. The summed E-state index contributed by atoms with van der Waals surface area (Å²) in [6.45, 7) is 1.76. The van der Waals surface area contributed by atoms with Crippen LogP contribution in [0.2, 0.25) is 0 Å². The molecule has 0 spiro atoms. The fourth-order valence-corrected chi connectivity index (χ4v) is 4.89. The van der Waals surface area contributed by atoms with Crippen molar-refractivity contribution in [2.24, 2.45) is 0 Å². The SMILES string of the molecule is N#CCN1CC(NC(=O)Nc2c3c(nn2-c2ccccc2)CCC3)C(c2ccccc2)C1. The molecule has 2 N–H and O–H groups in total. The maximum absolute atomic E-state index is 13.1. The van der Waals surface area contributed by atoms with Crippen LogP contribution in [0.25, 0.3) is 5.69 Å². The highest BCUT2D eigenvalue weighted by Crippen LogP contribution is 2.31. The number of anilines is 1. The number of aromatic nitrogens is 2. The van der Waals surface area contributed by atoms with Gasteiger partial charge in [-0.2, -0.15) is 10.4 Å². The molecule has 1 saturated heterocycles. The van der Waals surface area contributed by atoms with Crippen LogP contribution in [-0.4, -0.2) is 46.4 Å². The largest absolute Gasteiger partial charge is 0.333 e. The van der Waals surface area contributed by atoms with Crippen LogP contribution in [0.4, 0.5) is 10.6 Å². The van der Waals surface area contributed by atoms with Gasteiger partial charge in [0.25, 0.3) is 0 Å². The molecule has 0 saturated carbocycles. The number of urea groups is 1. The van der Waals surface area contributed by atoms with E-state index >= 15 is 0 Å². The summed E-state index contributed by atoms with van der Waals surface area (Å²) in [5.41, 5.74) is 4.29. The summed E-state index contributed by atoms with van der Waals surface area (Å²) in [5.74, 6) is 0.893. The van der Waals surface area contributed by atoms with Crippen LogP contribution in [0, 0.1) is 11.3 Å². The van der Waals surface area contributed by atoms with E-state index in [9.17, 15) is 4.79 Å². The number of nitriles is 1. The Morgan fingerprint density at radius 3 is 2.56 bits per heavy atom. The molecule has 5 rings (SSSR count). The van der Waals surface area contributed by atoms with Gasteiger partial charge < -0.3 is 5.32 Å². The van der Waals surface area contributed by atoms with E-state index in [-0.39, 0.29) is 18.0 Å². The van der Waals surface area contributed by atoms with Crippen LogP contribution >= 0.6 is 0 Å². The molecule has 1 aliphatic carbocycles. The van der Waals surface area contributed by atoms with Gasteiger partial charge in [-0.15, -0.1) is 0 Å². The highest BCUT2D eigenvalue weighted by atomic mass is 16.2. The van der Waals surface area contributed by atoms with E-state index in [2.05, 4.69) is 33.7 Å². The van der Waals surface area contributed by atoms with Gasteiger partial charge in [-0.05, 0) is 37.0 Å². The molecule has 7 nitrogen and oxygen atoms in total. The second kappa shape index (κ2) is 8.85. The van der Waals surface area contributed by atoms with Crippen LogP contribution < -0.4 is 10.6 Å². The molecule has 1 fully saturated rings. The number of nitrogens with one attached hydrogen (secondary N) is 2. The van der Waals surface area contributed by atoms with Crippen molar-refractivity contribution in [3.63, 3.8) is 0 Å². The molecular weight excluding hydrogens is 400 g/mol. The molecule has 1 aliphatic heterocycles. The molecule has 2 aliphatic rings. The van der Waals surface area contributed by atoms with Crippen LogP contribution in [0.5, 0.6) is 0 Å². The zero-order chi connectivity index (χ0) is 21.9. The Kier molecular flexibility index (Phi) is 5.61. The zero-order valence-corrected chi connectivity index (χ0v) is 17.9. The summed E-state index contributed by atoms with van der Waals surface area (Å²) >= 11 is 0. The number of rotatable bonds is 5. The average Bonchev–Trinajstić information content (AvgIpc) is 3.51. The lowest BCUT2D eigenvalue weighted by Crippen LogP contribution is -2.42. The minimum Gasteiger partial charge on any atom is -0.333 e. The van der Waals surface area contributed by atoms with Gasteiger partial charge in [0.15, 0.2) is 0 Å². The fourth-order valence-electron chi connectivity index (χ4n) is 4.89. The molecule has 3 aromatic rings. The second-order valence-corrected chi connectivity index (χ2v) is 8.45. The third-order valence-corrected chi connectivity index (χ3v) is 6.37. The monoisotopic (exact) mass is 426 g/mol. The van der Waals surface area contributed by atoms with Crippen molar-refractivity contribution in [1.82, 2.24) is 20.0 Å². The van der Waals surface area contributed by atoms with Crippen molar-refractivity contribution in [3.05, 3.63) is 77.5 Å². The van der Waals surface area contributed by atoms with Crippen molar-refractivity contribution in [3.8, 4) is 11.8 Å². The maximum Gasteiger partial charge on any atom is 0.320 e. The van der Waals surface area contributed by atoms with Crippen molar-refractivity contribution in [2.45, 2.75) is 31.2 Å². The zero-order valence-electron chi connectivity index (χ0n) is 17.9. The third kappa shape index (κ3) is 3.97. The number of amides is 2. The predicted molar refractivity (Wildman–Crippen MR) is 123 cm³/mol. The Bertz CT molecular complexity index is 1130. The number of nitrogens with zero attached hydrogens (tertiary/aromatic N) is 4. The highest BCUT2D eigenvalue weighted by molar-refractivity contribution is 5.90. The molecule has 2 atom stereocenters. The van der Waals surface area contributed by atoms with Crippen LogP contribution in [0.3, 0.4) is 0 Å². The number of hydrogen-bond donors (Lipinski definition) is 2. The van der Waals surface area contributed by atoms with E-state index in [0.29, 0.717) is 13.1 Å². The predicted octanol–water partition coefficient (Wildman–Crippen LogP) is 3.47. The smallest absolute Gasteiger partial charge is 0.320 e. The minimum atomic E-state index is -0.235. The highest BCUT2D eigenvalue weighted by Gasteiger charge is 2.35. The van der Waals surface area contributed by atoms with Gasteiger partial charge in [0.2, 0.25) is 0 Å². The molecule has 0 bridgehead atoms. The minimum absolute atomic E-state index is 0.0769. The van der Waals surface area contributed by atoms with Gasteiger partial charge in [0, 0.05) is 24.6 Å². The molecule has 1 aromatic heterocycles. The van der Waals surface area contributed by atoms with Crippen molar-refractivity contribution in [2.75, 3.05) is 25.0 Å². The standard InChI is InChI=1S/C25H26N6O/c26-14-15-30-16-21(18-8-3-1-4-9-18)23(17-30)27-25(32)28-24-20-12-7-13-22(20)29-31(24)19-10-5-2-6-11-19/h1-6,8-11,21,23H,7,12-13,15-17H2,(H2,27,28,32). The Morgan fingerprint density at radius 1 is 1.06 bits per heavy atom. The Hall–Kier alpha value is -3.63. The summed E-state index contributed by atoms with van der Waals surface area (Å²) in [4.78, 5) is 15.2. The van der Waals surface area contributed by atoms with E-state index in [1.807, 2.05) is 53.2 Å². The lowest BCUT2D eigenvalue weighted by molar-refractivity contribution is 0.247. The number of carbonyl (C=O) groups is 1. The van der Waals surface area contributed by atoms with Gasteiger partial charge in [-0.25, -0.2) is 9.48 Å². The number of benzene rings is 2. The first kappa shape index (κ1) is 20.3. The molecule has 2 heterocycles. The second-order valence-electron chi connectivity index (χ2n) is 8.45. The van der Waals surface area contributed by atoms with Gasteiger partial charge in [-0.1, -0.05) is 48.5 Å². The molecule has 162 valence electrons. The van der Waals surface area contributed by atoms with Crippen molar-refractivity contribution >= 4 is 11.8 Å². The average molecular weight is 427 g/mol. The quantitative estimate of drug-likeness (QED) is 0.612. The molecule has 2 aromatic carbocycles. The summed E-state index contributed by atoms with van der Waals surface area (Å²) in [7, 11) is 0. The van der Waals surface area contributed by atoms with Crippen molar-refractivity contribution < 1.29 is 4.79 Å². The van der Waals surface area contributed by atoms with Crippen molar-refractivity contribution in [1.29, 1.82) is 5.26 Å². The Balaban J connectivity index is 1.37. The molecular formula is C25H26N6O. The number of fused-ring (bicyclic) bond motifs is 1. The molecule has 32 heavy (non-hydrogen) atoms. The van der Waals surface area contributed by atoms with Crippen LogP contribution in [0.1, 0.15) is 29.2 Å². The number of carbonyl (C=O) groups excluding carboxylic acids is 1. The fraction of sp³-hybridized carbons (Fsp3) is 0.320. The first-order chi connectivity index (χ1) is 15.7. The topological polar surface area (TPSA) is 86.0 Å². The molecule has 2 amide bonds. The number of likely N-dealkylation sites (tertiary alicyclic amines) is 1. The van der Waals surface area contributed by atoms with Gasteiger partial charge >= 0.3 is 6.03 Å². The Morgan fingerprint density at radius 2 is 1.81 bits per heavy atom. The van der Waals surface area contributed by atoms with E-state index in [1.54, 1.807) is 0 Å².